The minimum Gasteiger partial charge on any atom is -0.445 e. The summed E-state index contributed by atoms with van der Waals surface area (Å²) in [5.74, 6) is -0.215. The van der Waals surface area contributed by atoms with E-state index in [1.54, 1.807) is 30.3 Å². The van der Waals surface area contributed by atoms with Gasteiger partial charge in [0.1, 0.15) is 6.61 Å². The quantitative estimate of drug-likeness (QED) is 0.285. The van der Waals surface area contributed by atoms with E-state index in [-0.39, 0.29) is 30.4 Å². The lowest BCUT2D eigenvalue weighted by Gasteiger charge is -2.12. The fourth-order valence-electron chi connectivity index (χ4n) is 3.72. The van der Waals surface area contributed by atoms with Crippen LogP contribution >= 0.6 is 0 Å². The number of sulfonamides is 1. The van der Waals surface area contributed by atoms with Crippen LogP contribution in [0, 0.1) is 0 Å². The second kappa shape index (κ2) is 12.0. The van der Waals surface area contributed by atoms with Crippen LogP contribution < -0.4 is 15.4 Å². The van der Waals surface area contributed by atoms with Gasteiger partial charge in [-0.3, -0.25) is 9.52 Å². The number of hydrogen-bond donors (Lipinski definition) is 3. The maximum absolute atomic E-state index is 12.6. The molecule has 0 unspecified atom stereocenters. The molecule has 0 heterocycles. The van der Waals surface area contributed by atoms with Crippen LogP contribution in [-0.2, 0) is 32.7 Å². The predicted octanol–water partition coefficient (Wildman–Crippen LogP) is 4.57. The largest absolute Gasteiger partial charge is 0.445 e. The number of fused-ring (bicyclic) bond motifs is 1. The Hall–Kier alpha value is -4.37. The van der Waals surface area contributed by atoms with Crippen LogP contribution in [0.25, 0.3) is 10.8 Å². The molecule has 0 bridgehead atoms. The van der Waals surface area contributed by atoms with Crippen molar-refractivity contribution in [1.82, 2.24) is 10.6 Å². The SMILES string of the molecule is O=C(CCNC(=O)OCc1ccccc1)NCc1cccc2cc(NS(=O)(=O)c3ccccc3)ccc12. The van der Waals surface area contributed by atoms with E-state index in [0.29, 0.717) is 12.2 Å². The first-order valence-electron chi connectivity index (χ1n) is 11.7. The monoisotopic (exact) mass is 517 g/mol. The van der Waals surface area contributed by atoms with Crippen LogP contribution in [0.5, 0.6) is 0 Å². The molecular formula is C28H27N3O5S. The molecular weight excluding hydrogens is 490 g/mol. The average Bonchev–Trinajstić information content (AvgIpc) is 2.91. The molecule has 0 aromatic heterocycles. The van der Waals surface area contributed by atoms with Crippen LogP contribution in [0.4, 0.5) is 10.5 Å². The number of alkyl carbamates (subject to hydrolysis) is 1. The van der Waals surface area contributed by atoms with Gasteiger partial charge in [0.15, 0.2) is 0 Å². The van der Waals surface area contributed by atoms with Gasteiger partial charge in [0.05, 0.1) is 4.90 Å². The van der Waals surface area contributed by atoms with Crippen molar-refractivity contribution >= 4 is 38.5 Å². The summed E-state index contributed by atoms with van der Waals surface area (Å²) in [5, 5.41) is 7.16. The van der Waals surface area contributed by atoms with Gasteiger partial charge in [-0.1, -0.05) is 72.8 Å². The minimum absolute atomic E-state index is 0.108. The molecule has 0 fully saturated rings. The minimum atomic E-state index is -3.69. The van der Waals surface area contributed by atoms with Crippen molar-refractivity contribution in [2.24, 2.45) is 0 Å². The molecule has 0 atom stereocenters. The first-order chi connectivity index (χ1) is 17.9. The third-order valence-corrected chi connectivity index (χ3v) is 6.98. The number of nitrogens with one attached hydrogen (secondary N) is 3. The molecule has 0 spiro atoms. The molecule has 9 heteroatoms. The van der Waals surface area contributed by atoms with Gasteiger partial charge in [0.2, 0.25) is 5.91 Å². The third-order valence-electron chi connectivity index (χ3n) is 5.59. The normalized spacial score (nSPS) is 11.0. The lowest BCUT2D eigenvalue weighted by molar-refractivity contribution is -0.121. The molecule has 0 aliphatic heterocycles. The van der Waals surface area contributed by atoms with Crippen molar-refractivity contribution in [3.63, 3.8) is 0 Å². The second-order valence-corrected chi connectivity index (χ2v) is 9.97. The smallest absolute Gasteiger partial charge is 0.407 e. The summed E-state index contributed by atoms with van der Waals surface area (Å²) in [6.45, 7) is 0.610. The summed E-state index contributed by atoms with van der Waals surface area (Å²) >= 11 is 0. The number of carbonyl (C=O) groups excluding carboxylic acids is 2. The van der Waals surface area contributed by atoms with Crippen molar-refractivity contribution in [3.05, 3.63) is 108 Å². The number of benzene rings is 4. The number of amides is 2. The summed E-state index contributed by atoms with van der Waals surface area (Å²) in [4.78, 5) is 24.3. The second-order valence-electron chi connectivity index (χ2n) is 8.29. The fraction of sp³-hybridized carbons (Fsp3) is 0.143. The van der Waals surface area contributed by atoms with Gasteiger partial charge in [-0.15, -0.1) is 0 Å². The molecule has 0 radical (unpaired) electrons. The highest BCUT2D eigenvalue weighted by Crippen LogP contribution is 2.24. The van der Waals surface area contributed by atoms with Crippen molar-refractivity contribution in [2.75, 3.05) is 11.3 Å². The molecule has 3 N–H and O–H groups in total. The van der Waals surface area contributed by atoms with Crippen LogP contribution in [0.2, 0.25) is 0 Å². The van der Waals surface area contributed by atoms with Gasteiger partial charge in [0, 0.05) is 25.2 Å². The fourth-order valence-corrected chi connectivity index (χ4v) is 4.79. The van der Waals surface area contributed by atoms with E-state index in [2.05, 4.69) is 15.4 Å². The summed E-state index contributed by atoms with van der Waals surface area (Å²) in [6, 6.07) is 28.4. The van der Waals surface area contributed by atoms with Crippen molar-refractivity contribution in [1.29, 1.82) is 0 Å². The van der Waals surface area contributed by atoms with E-state index in [1.165, 1.54) is 12.1 Å². The lowest BCUT2D eigenvalue weighted by atomic mass is 10.0. The molecule has 4 aromatic rings. The van der Waals surface area contributed by atoms with E-state index >= 15 is 0 Å². The summed E-state index contributed by atoms with van der Waals surface area (Å²) in [6.07, 6.45) is -0.472. The Morgan fingerprint density at radius 1 is 0.784 bits per heavy atom. The molecule has 0 aliphatic rings. The van der Waals surface area contributed by atoms with Gasteiger partial charge in [-0.25, -0.2) is 13.2 Å². The third kappa shape index (κ3) is 7.31. The number of ether oxygens (including phenoxy) is 1. The molecule has 0 saturated carbocycles. The van der Waals surface area contributed by atoms with Gasteiger partial charge >= 0.3 is 6.09 Å². The lowest BCUT2D eigenvalue weighted by Crippen LogP contribution is -2.30. The first kappa shape index (κ1) is 25.7. The van der Waals surface area contributed by atoms with Gasteiger partial charge in [-0.05, 0) is 46.2 Å². The highest BCUT2D eigenvalue weighted by Gasteiger charge is 2.14. The van der Waals surface area contributed by atoms with E-state index < -0.39 is 16.1 Å². The van der Waals surface area contributed by atoms with Crippen molar-refractivity contribution in [3.8, 4) is 0 Å². The number of carbonyl (C=O) groups is 2. The molecule has 4 aromatic carbocycles. The number of anilines is 1. The Balaban J connectivity index is 1.27. The first-order valence-corrected chi connectivity index (χ1v) is 13.2. The van der Waals surface area contributed by atoms with E-state index in [9.17, 15) is 18.0 Å². The summed E-state index contributed by atoms with van der Waals surface area (Å²) in [7, 11) is -3.69. The summed E-state index contributed by atoms with van der Waals surface area (Å²) in [5.41, 5.74) is 2.22. The van der Waals surface area contributed by atoms with Crippen LogP contribution in [0.1, 0.15) is 17.5 Å². The zero-order chi connectivity index (χ0) is 26.1. The zero-order valence-electron chi connectivity index (χ0n) is 20.0. The Morgan fingerprint density at radius 2 is 1.51 bits per heavy atom. The molecule has 4 rings (SSSR count). The topological polar surface area (TPSA) is 114 Å². The Labute approximate surface area is 215 Å². The Morgan fingerprint density at radius 3 is 2.27 bits per heavy atom. The maximum atomic E-state index is 12.6. The highest BCUT2D eigenvalue weighted by molar-refractivity contribution is 7.92. The van der Waals surface area contributed by atoms with Crippen LogP contribution in [0.3, 0.4) is 0 Å². The summed E-state index contributed by atoms with van der Waals surface area (Å²) < 4.78 is 33.0. The zero-order valence-corrected chi connectivity index (χ0v) is 20.8. The standard InChI is InChI=1S/C28H27N3O5S/c32-27(16-17-29-28(33)36-20-21-8-3-1-4-9-21)30-19-23-11-7-10-22-18-24(14-15-26(22)23)31-37(34,35)25-12-5-2-6-13-25/h1-15,18,31H,16-17,19-20H2,(H,29,33)(H,30,32). The van der Waals surface area contributed by atoms with E-state index in [0.717, 1.165) is 21.9 Å². The van der Waals surface area contributed by atoms with Crippen LogP contribution in [0.15, 0.2) is 102 Å². The number of rotatable bonds is 10. The van der Waals surface area contributed by atoms with Crippen molar-refractivity contribution < 1.29 is 22.7 Å². The molecule has 0 saturated heterocycles. The van der Waals surface area contributed by atoms with Gasteiger partial charge in [0.25, 0.3) is 10.0 Å². The average molecular weight is 518 g/mol. The molecule has 37 heavy (non-hydrogen) atoms. The molecule has 0 aliphatic carbocycles. The van der Waals surface area contributed by atoms with Crippen molar-refractivity contribution in [2.45, 2.75) is 24.5 Å². The number of hydrogen-bond acceptors (Lipinski definition) is 5. The molecule has 190 valence electrons. The molecule has 8 nitrogen and oxygen atoms in total. The van der Waals surface area contributed by atoms with Gasteiger partial charge in [-0.2, -0.15) is 0 Å². The Kier molecular flexibility index (Phi) is 8.37. The van der Waals surface area contributed by atoms with E-state index in [1.807, 2.05) is 54.6 Å². The predicted molar refractivity (Wildman–Crippen MR) is 142 cm³/mol. The Bertz CT molecular complexity index is 1480. The molecule has 2 amide bonds. The van der Waals surface area contributed by atoms with Crippen LogP contribution in [-0.4, -0.2) is 27.0 Å². The highest BCUT2D eigenvalue weighted by atomic mass is 32.2. The van der Waals surface area contributed by atoms with E-state index in [4.69, 9.17) is 4.74 Å². The maximum Gasteiger partial charge on any atom is 0.407 e. The van der Waals surface area contributed by atoms with Gasteiger partial charge < -0.3 is 15.4 Å².